The van der Waals surface area contributed by atoms with E-state index in [0.717, 1.165) is 10.0 Å². The molecule has 2 rings (SSSR count). The average Bonchev–Trinajstić information content (AvgIpc) is 2.40. The van der Waals surface area contributed by atoms with Gasteiger partial charge in [-0.2, -0.15) is 0 Å². The smallest absolute Gasteiger partial charge is 0.140 e. The van der Waals surface area contributed by atoms with E-state index in [2.05, 4.69) is 26.3 Å². The van der Waals surface area contributed by atoms with Crippen molar-refractivity contribution in [2.45, 2.75) is 6.61 Å². The molecule has 3 N–H and O–H groups in total. The molecule has 0 fully saturated rings. The molecule has 0 spiro atoms. The summed E-state index contributed by atoms with van der Waals surface area (Å²) in [5.74, 6) is 6.51. The van der Waals surface area contributed by atoms with Crippen LogP contribution in [0, 0.1) is 0 Å². The molecular formula is C12H11BrClN3O. The van der Waals surface area contributed by atoms with Crippen molar-refractivity contribution in [1.29, 1.82) is 0 Å². The third-order valence-electron chi connectivity index (χ3n) is 2.26. The van der Waals surface area contributed by atoms with Gasteiger partial charge in [0.05, 0.1) is 5.02 Å². The molecule has 0 bridgehead atoms. The summed E-state index contributed by atoms with van der Waals surface area (Å²) in [6.45, 7) is 0.396. The van der Waals surface area contributed by atoms with Gasteiger partial charge >= 0.3 is 0 Å². The van der Waals surface area contributed by atoms with E-state index in [-0.39, 0.29) is 0 Å². The largest absolute Gasteiger partial charge is 0.487 e. The number of aromatic nitrogens is 1. The van der Waals surface area contributed by atoms with Crippen molar-refractivity contribution in [3.8, 4) is 5.75 Å². The first-order valence-corrected chi connectivity index (χ1v) is 6.35. The second-order valence-electron chi connectivity index (χ2n) is 3.56. The van der Waals surface area contributed by atoms with Crippen LogP contribution >= 0.6 is 27.5 Å². The summed E-state index contributed by atoms with van der Waals surface area (Å²) in [6.07, 6.45) is 1.66. The molecule has 0 radical (unpaired) electrons. The monoisotopic (exact) mass is 327 g/mol. The van der Waals surface area contributed by atoms with Crippen LogP contribution in [0.2, 0.25) is 5.02 Å². The molecule has 1 aromatic carbocycles. The molecule has 0 atom stereocenters. The molecule has 1 aromatic heterocycles. The predicted octanol–water partition coefficient (Wildman–Crippen LogP) is 3.36. The zero-order valence-electron chi connectivity index (χ0n) is 9.36. The Labute approximate surface area is 118 Å². The van der Waals surface area contributed by atoms with Crippen molar-refractivity contribution in [2.75, 3.05) is 5.43 Å². The van der Waals surface area contributed by atoms with Crippen LogP contribution in [-0.2, 0) is 6.61 Å². The molecule has 2 aromatic rings. The van der Waals surface area contributed by atoms with Crippen molar-refractivity contribution < 1.29 is 4.74 Å². The predicted molar refractivity (Wildman–Crippen MR) is 75.5 cm³/mol. The van der Waals surface area contributed by atoms with Gasteiger partial charge in [-0.25, -0.2) is 10.8 Å². The van der Waals surface area contributed by atoms with Gasteiger partial charge in [0.2, 0.25) is 0 Å². The minimum absolute atomic E-state index is 0.396. The van der Waals surface area contributed by atoms with E-state index in [0.29, 0.717) is 23.2 Å². The maximum Gasteiger partial charge on any atom is 0.140 e. The van der Waals surface area contributed by atoms with E-state index in [1.165, 1.54) is 0 Å². The summed E-state index contributed by atoms with van der Waals surface area (Å²) in [5, 5.41) is 0.574. The summed E-state index contributed by atoms with van der Waals surface area (Å²) in [4.78, 5) is 4.02. The van der Waals surface area contributed by atoms with Crippen LogP contribution in [-0.4, -0.2) is 4.98 Å². The number of nitrogens with zero attached hydrogens (tertiary/aromatic N) is 1. The summed E-state index contributed by atoms with van der Waals surface area (Å²) in [6, 6.07) is 9.13. The van der Waals surface area contributed by atoms with E-state index in [1.807, 2.05) is 24.3 Å². The van der Waals surface area contributed by atoms with Gasteiger partial charge in [-0.1, -0.05) is 27.5 Å². The number of halogens is 2. The molecule has 1 heterocycles. The summed E-state index contributed by atoms with van der Waals surface area (Å²) < 4.78 is 6.56. The van der Waals surface area contributed by atoms with Crippen LogP contribution in [0.5, 0.6) is 5.75 Å². The SMILES string of the molecule is NNc1cc(COc2cc(Br)ccc2Cl)ccn1. The van der Waals surface area contributed by atoms with Gasteiger partial charge in [0.1, 0.15) is 18.2 Å². The number of benzene rings is 1. The third-order valence-corrected chi connectivity index (χ3v) is 3.07. The minimum Gasteiger partial charge on any atom is -0.487 e. The molecule has 0 amide bonds. The van der Waals surface area contributed by atoms with Crippen molar-refractivity contribution >= 4 is 33.3 Å². The molecule has 0 saturated heterocycles. The normalized spacial score (nSPS) is 10.2. The van der Waals surface area contributed by atoms with Crippen molar-refractivity contribution in [2.24, 2.45) is 5.84 Å². The lowest BCUT2D eigenvalue weighted by molar-refractivity contribution is 0.306. The summed E-state index contributed by atoms with van der Waals surface area (Å²) in [7, 11) is 0. The Hall–Kier alpha value is -1.30. The lowest BCUT2D eigenvalue weighted by Crippen LogP contribution is -2.09. The first-order valence-electron chi connectivity index (χ1n) is 5.18. The van der Waals surface area contributed by atoms with Gasteiger partial charge in [-0.3, -0.25) is 0 Å². The van der Waals surface area contributed by atoms with Crippen molar-refractivity contribution in [3.63, 3.8) is 0 Å². The molecule has 0 saturated carbocycles. The number of nitrogen functional groups attached to an aromatic ring is 1. The number of anilines is 1. The van der Waals surface area contributed by atoms with Gasteiger partial charge in [0.25, 0.3) is 0 Å². The maximum atomic E-state index is 6.03. The number of hydrogen-bond acceptors (Lipinski definition) is 4. The van der Waals surface area contributed by atoms with Crippen LogP contribution < -0.4 is 16.0 Å². The molecule has 18 heavy (non-hydrogen) atoms. The number of hydrazine groups is 1. The third kappa shape index (κ3) is 3.35. The lowest BCUT2D eigenvalue weighted by Gasteiger charge is -2.09. The quantitative estimate of drug-likeness (QED) is 0.667. The van der Waals surface area contributed by atoms with E-state index < -0.39 is 0 Å². The number of rotatable bonds is 4. The average molecular weight is 329 g/mol. The Kier molecular flexibility index (Phi) is 4.41. The van der Waals surface area contributed by atoms with Crippen LogP contribution in [0.25, 0.3) is 0 Å². The fraction of sp³-hybridized carbons (Fsp3) is 0.0833. The number of ether oxygens (including phenoxy) is 1. The second kappa shape index (κ2) is 6.04. The molecule has 0 aliphatic carbocycles. The Morgan fingerprint density at radius 2 is 2.17 bits per heavy atom. The highest BCUT2D eigenvalue weighted by atomic mass is 79.9. The zero-order valence-corrected chi connectivity index (χ0v) is 11.7. The molecule has 6 heteroatoms. The Balaban J connectivity index is 2.08. The molecule has 0 aliphatic heterocycles. The first-order chi connectivity index (χ1) is 8.69. The van der Waals surface area contributed by atoms with Crippen molar-refractivity contribution in [1.82, 2.24) is 4.98 Å². The van der Waals surface area contributed by atoms with E-state index in [9.17, 15) is 0 Å². The van der Waals surface area contributed by atoms with Crippen LogP contribution in [0.15, 0.2) is 41.0 Å². The minimum atomic E-state index is 0.396. The fourth-order valence-corrected chi connectivity index (χ4v) is 1.90. The van der Waals surface area contributed by atoms with E-state index >= 15 is 0 Å². The van der Waals surface area contributed by atoms with Crippen LogP contribution in [0.4, 0.5) is 5.82 Å². The van der Waals surface area contributed by atoms with Gasteiger partial charge in [0.15, 0.2) is 0 Å². The van der Waals surface area contributed by atoms with Gasteiger partial charge in [0, 0.05) is 10.7 Å². The van der Waals surface area contributed by atoms with Gasteiger partial charge in [-0.15, -0.1) is 0 Å². The Morgan fingerprint density at radius 3 is 2.94 bits per heavy atom. The van der Waals surface area contributed by atoms with Crippen LogP contribution in [0.3, 0.4) is 0 Å². The lowest BCUT2D eigenvalue weighted by atomic mass is 10.3. The highest BCUT2D eigenvalue weighted by Gasteiger charge is 2.03. The summed E-state index contributed by atoms with van der Waals surface area (Å²) in [5.41, 5.74) is 3.44. The fourth-order valence-electron chi connectivity index (χ4n) is 1.39. The standard InChI is InChI=1S/C12H11BrClN3O/c13-9-1-2-10(14)11(6-9)18-7-8-3-4-16-12(5-8)17-15/h1-6H,7,15H2,(H,16,17). The van der Waals surface area contributed by atoms with Crippen molar-refractivity contribution in [3.05, 3.63) is 51.6 Å². The highest BCUT2D eigenvalue weighted by Crippen LogP contribution is 2.28. The molecule has 0 aliphatic rings. The van der Waals surface area contributed by atoms with Crippen LogP contribution in [0.1, 0.15) is 5.56 Å². The van der Waals surface area contributed by atoms with E-state index in [4.69, 9.17) is 22.2 Å². The highest BCUT2D eigenvalue weighted by molar-refractivity contribution is 9.10. The number of hydrogen-bond donors (Lipinski definition) is 2. The molecule has 0 unspecified atom stereocenters. The maximum absolute atomic E-state index is 6.03. The Bertz CT molecular complexity index is 551. The van der Waals surface area contributed by atoms with E-state index in [1.54, 1.807) is 12.3 Å². The summed E-state index contributed by atoms with van der Waals surface area (Å²) >= 11 is 9.40. The first kappa shape index (κ1) is 13.1. The van der Waals surface area contributed by atoms with Gasteiger partial charge in [-0.05, 0) is 35.9 Å². The number of nitrogens with two attached hydrogens (primary N) is 1. The van der Waals surface area contributed by atoms with Gasteiger partial charge < -0.3 is 10.2 Å². The number of pyridine rings is 1. The molecule has 4 nitrogen and oxygen atoms in total. The molecule has 94 valence electrons. The molecular weight excluding hydrogens is 318 g/mol. The second-order valence-corrected chi connectivity index (χ2v) is 4.88. The Morgan fingerprint density at radius 1 is 1.33 bits per heavy atom. The zero-order chi connectivity index (χ0) is 13.0. The number of nitrogens with one attached hydrogen (secondary N) is 1. The topological polar surface area (TPSA) is 60.2 Å².